The van der Waals surface area contributed by atoms with Crippen molar-refractivity contribution in [3.05, 3.63) is 59.7 Å². The Morgan fingerprint density at radius 1 is 1.19 bits per heavy atom. The van der Waals surface area contributed by atoms with E-state index < -0.39 is 29.3 Å². The third kappa shape index (κ3) is 3.28. The van der Waals surface area contributed by atoms with Gasteiger partial charge >= 0.3 is 5.97 Å². The van der Waals surface area contributed by atoms with Gasteiger partial charge in [0.1, 0.15) is 5.69 Å². The fraction of sp³-hybridized carbons (Fsp3) is 0.133. The zero-order valence-electron chi connectivity index (χ0n) is 11.3. The van der Waals surface area contributed by atoms with E-state index in [4.69, 9.17) is 5.73 Å². The van der Waals surface area contributed by atoms with Gasteiger partial charge in [-0.25, -0.2) is 13.6 Å². The first kappa shape index (κ1) is 14.8. The molecule has 0 heterocycles. The molecule has 0 amide bonds. The van der Waals surface area contributed by atoms with E-state index in [9.17, 15) is 13.6 Å². The molecule has 2 aromatic rings. The Hall–Kier alpha value is -2.63. The van der Waals surface area contributed by atoms with Crippen molar-refractivity contribution in [2.45, 2.75) is 6.04 Å². The van der Waals surface area contributed by atoms with Crippen LogP contribution in [0.25, 0.3) is 0 Å². The van der Waals surface area contributed by atoms with Gasteiger partial charge in [0.2, 0.25) is 0 Å². The molecule has 0 saturated heterocycles. The van der Waals surface area contributed by atoms with Crippen molar-refractivity contribution in [2.75, 3.05) is 18.2 Å². The summed E-state index contributed by atoms with van der Waals surface area (Å²) in [6.45, 7) is 0. The molecule has 0 aromatic heterocycles. The second-order valence-electron chi connectivity index (χ2n) is 4.37. The van der Waals surface area contributed by atoms with Crippen LogP contribution in [0.3, 0.4) is 0 Å². The minimum absolute atomic E-state index is 0.0371. The van der Waals surface area contributed by atoms with Gasteiger partial charge in [0.25, 0.3) is 0 Å². The van der Waals surface area contributed by atoms with E-state index >= 15 is 0 Å². The van der Waals surface area contributed by atoms with Crippen molar-refractivity contribution < 1.29 is 18.3 Å². The first-order chi connectivity index (χ1) is 10.0. The maximum absolute atomic E-state index is 13.8. The van der Waals surface area contributed by atoms with Gasteiger partial charge in [0.15, 0.2) is 17.7 Å². The van der Waals surface area contributed by atoms with Gasteiger partial charge in [-0.05, 0) is 17.7 Å². The number of halogens is 2. The summed E-state index contributed by atoms with van der Waals surface area (Å²) in [6, 6.07) is 9.43. The molecule has 21 heavy (non-hydrogen) atoms. The average molecular weight is 292 g/mol. The molecule has 0 saturated carbocycles. The summed E-state index contributed by atoms with van der Waals surface area (Å²) < 4.78 is 32.3. The van der Waals surface area contributed by atoms with E-state index in [0.717, 1.165) is 12.1 Å². The summed E-state index contributed by atoms with van der Waals surface area (Å²) in [5.41, 5.74) is 5.42. The Labute approximate surface area is 120 Å². The van der Waals surface area contributed by atoms with E-state index in [1.165, 1.54) is 7.11 Å². The van der Waals surface area contributed by atoms with Gasteiger partial charge in [-0.15, -0.1) is 0 Å². The highest BCUT2D eigenvalue weighted by atomic mass is 19.1. The zero-order chi connectivity index (χ0) is 15.4. The summed E-state index contributed by atoms with van der Waals surface area (Å²) in [5, 5.41) is 2.53. The van der Waals surface area contributed by atoms with Gasteiger partial charge in [0, 0.05) is 5.69 Å². The number of hydrogen-bond donors (Lipinski definition) is 2. The van der Waals surface area contributed by atoms with Crippen LogP contribution in [0.2, 0.25) is 0 Å². The number of nitrogens with one attached hydrogen (secondary N) is 1. The molecule has 110 valence electrons. The lowest BCUT2D eigenvalue weighted by Gasteiger charge is -2.19. The lowest BCUT2D eigenvalue weighted by atomic mass is 10.1. The number of esters is 1. The molecule has 2 rings (SSSR count). The third-order valence-corrected chi connectivity index (χ3v) is 2.92. The number of hydrogen-bond acceptors (Lipinski definition) is 4. The number of carbonyl (C=O) groups excluding carboxylic acids is 1. The molecule has 1 atom stereocenters. The average Bonchev–Trinajstić information content (AvgIpc) is 2.46. The van der Waals surface area contributed by atoms with Crippen LogP contribution in [0.1, 0.15) is 11.6 Å². The fourth-order valence-electron chi connectivity index (χ4n) is 1.92. The SMILES string of the molecule is COC(=O)C(Nc1c(F)cc(N)cc1F)c1ccccc1. The fourth-order valence-corrected chi connectivity index (χ4v) is 1.92. The first-order valence-corrected chi connectivity index (χ1v) is 6.16. The van der Waals surface area contributed by atoms with E-state index in [2.05, 4.69) is 10.1 Å². The maximum Gasteiger partial charge on any atom is 0.332 e. The topological polar surface area (TPSA) is 64.3 Å². The van der Waals surface area contributed by atoms with Gasteiger partial charge in [-0.1, -0.05) is 30.3 Å². The molecule has 0 aliphatic carbocycles. The van der Waals surface area contributed by atoms with Crippen molar-refractivity contribution in [3.8, 4) is 0 Å². The Kier molecular flexibility index (Phi) is 4.37. The van der Waals surface area contributed by atoms with Crippen LogP contribution in [-0.4, -0.2) is 13.1 Å². The molecule has 4 nitrogen and oxygen atoms in total. The van der Waals surface area contributed by atoms with Crippen LogP contribution in [0.5, 0.6) is 0 Å². The van der Waals surface area contributed by atoms with Crippen molar-refractivity contribution in [2.24, 2.45) is 0 Å². The van der Waals surface area contributed by atoms with Crippen LogP contribution in [0, 0.1) is 11.6 Å². The predicted octanol–water partition coefficient (Wildman–Crippen LogP) is 2.87. The first-order valence-electron chi connectivity index (χ1n) is 6.16. The van der Waals surface area contributed by atoms with E-state index in [-0.39, 0.29) is 5.69 Å². The number of rotatable bonds is 4. The van der Waals surface area contributed by atoms with Crippen LogP contribution >= 0.6 is 0 Å². The van der Waals surface area contributed by atoms with Gasteiger partial charge in [-0.2, -0.15) is 0 Å². The smallest absolute Gasteiger partial charge is 0.332 e. The Bertz CT molecular complexity index is 624. The van der Waals surface area contributed by atoms with E-state index in [1.54, 1.807) is 30.3 Å². The molecule has 0 radical (unpaired) electrons. The second kappa shape index (κ2) is 6.21. The number of ether oxygens (including phenoxy) is 1. The second-order valence-corrected chi connectivity index (χ2v) is 4.37. The summed E-state index contributed by atoms with van der Waals surface area (Å²) in [6.07, 6.45) is 0. The number of nitrogens with two attached hydrogens (primary N) is 1. The van der Waals surface area contributed by atoms with Crippen molar-refractivity contribution in [3.63, 3.8) is 0 Å². The highest BCUT2D eigenvalue weighted by Gasteiger charge is 2.24. The molecule has 0 aliphatic rings. The summed E-state index contributed by atoms with van der Waals surface area (Å²) >= 11 is 0. The highest BCUT2D eigenvalue weighted by Crippen LogP contribution is 2.27. The van der Waals surface area contributed by atoms with Crippen molar-refractivity contribution >= 4 is 17.3 Å². The lowest BCUT2D eigenvalue weighted by Crippen LogP contribution is -2.23. The van der Waals surface area contributed by atoms with Gasteiger partial charge < -0.3 is 15.8 Å². The summed E-state index contributed by atoms with van der Waals surface area (Å²) in [4.78, 5) is 11.9. The van der Waals surface area contributed by atoms with Crippen LogP contribution in [-0.2, 0) is 9.53 Å². The van der Waals surface area contributed by atoms with E-state index in [0.29, 0.717) is 5.56 Å². The van der Waals surface area contributed by atoms with Crippen molar-refractivity contribution in [1.29, 1.82) is 0 Å². The molecule has 1 unspecified atom stereocenters. The number of nitrogen functional groups attached to an aromatic ring is 1. The molecule has 6 heteroatoms. The van der Waals surface area contributed by atoms with E-state index in [1.807, 2.05) is 0 Å². The number of benzene rings is 2. The van der Waals surface area contributed by atoms with Gasteiger partial charge in [0.05, 0.1) is 7.11 Å². The molecular formula is C15H14F2N2O2. The predicted molar refractivity (Wildman–Crippen MR) is 75.6 cm³/mol. The van der Waals surface area contributed by atoms with Crippen LogP contribution < -0.4 is 11.1 Å². The van der Waals surface area contributed by atoms with Crippen LogP contribution in [0.4, 0.5) is 20.2 Å². The highest BCUT2D eigenvalue weighted by molar-refractivity contribution is 5.81. The Morgan fingerprint density at radius 3 is 2.29 bits per heavy atom. The molecule has 2 aromatic carbocycles. The minimum atomic E-state index is -1.02. The molecule has 0 bridgehead atoms. The largest absolute Gasteiger partial charge is 0.467 e. The standard InChI is InChI=1S/C15H14F2N2O2/c1-21-15(20)13(9-5-3-2-4-6-9)19-14-11(16)7-10(18)8-12(14)17/h2-8,13,19H,18H2,1H3. The van der Waals surface area contributed by atoms with Crippen molar-refractivity contribution in [1.82, 2.24) is 0 Å². The molecular weight excluding hydrogens is 278 g/mol. The molecule has 0 spiro atoms. The molecule has 0 aliphatic heterocycles. The van der Waals surface area contributed by atoms with Crippen LogP contribution in [0.15, 0.2) is 42.5 Å². The summed E-state index contributed by atoms with van der Waals surface area (Å²) in [5.74, 6) is -2.41. The lowest BCUT2D eigenvalue weighted by molar-refractivity contribution is -0.141. The number of anilines is 2. The number of carbonyl (C=O) groups is 1. The quantitative estimate of drug-likeness (QED) is 0.672. The normalized spacial score (nSPS) is 11.8. The third-order valence-electron chi connectivity index (χ3n) is 2.92. The monoisotopic (exact) mass is 292 g/mol. The Balaban J connectivity index is 2.39. The molecule has 0 fully saturated rings. The minimum Gasteiger partial charge on any atom is -0.467 e. The van der Waals surface area contributed by atoms with Gasteiger partial charge in [-0.3, -0.25) is 0 Å². The number of methoxy groups -OCH3 is 1. The maximum atomic E-state index is 13.8. The summed E-state index contributed by atoms with van der Waals surface area (Å²) in [7, 11) is 1.20. The zero-order valence-corrected chi connectivity index (χ0v) is 11.3. The molecule has 3 N–H and O–H groups in total. The Morgan fingerprint density at radius 2 is 1.76 bits per heavy atom.